The van der Waals surface area contributed by atoms with E-state index in [2.05, 4.69) is 18.6 Å². The number of rotatable bonds is 5. The molecule has 0 saturated carbocycles. The highest BCUT2D eigenvalue weighted by atomic mass is 32.2. The fraction of sp³-hybridized carbons (Fsp3) is 0.818. The lowest BCUT2D eigenvalue weighted by Crippen LogP contribution is -2.23. The van der Waals surface area contributed by atoms with E-state index >= 15 is 0 Å². The van der Waals surface area contributed by atoms with Gasteiger partial charge in [-0.05, 0) is 39.7 Å². The predicted molar refractivity (Wildman–Crippen MR) is 65.0 cm³/mol. The van der Waals surface area contributed by atoms with Crippen molar-refractivity contribution in [2.24, 2.45) is 5.92 Å². The summed E-state index contributed by atoms with van der Waals surface area (Å²) in [5, 5.41) is 0. The van der Waals surface area contributed by atoms with Gasteiger partial charge in [0.15, 0.2) is 5.88 Å². The van der Waals surface area contributed by atoms with Crippen LogP contribution >= 0.6 is 11.9 Å². The summed E-state index contributed by atoms with van der Waals surface area (Å²) in [6.07, 6.45) is 1.96. The highest BCUT2D eigenvalue weighted by Crippen LogP contribution is 2.14. The van der Waals surface area contributed by atoms with Gasteiger partial charge in [-0.15, -0.1) is 0 Å². The van der Waals surface area contributed by atoms with E-state index in [4.69, 9.17) is 4.74 Å². The normalized spacial score (nSPS) is 13.2. The van der Waals surface area contributed by atoms with Crippen LogP contribution in [-0.2, 0) is 4.74 Å². The van der Waals surface area contributed by atoms with Gasteiger partial charge in [0, 0.05) is 5.75 Å². The van der Waals surface area contributed by atoms with Crippen molar-refractivity contribution < 1.29 is 4.74 Å². The Bertz CT molecular complexity index is 182. The number of allylic oxidation sites excluding steroid dienone is 1. The first-order valence-corrected chi connectivity index (χ1v) is 6.07. The molecular formula is C11H23NOS. The summed E-state index contributed by atoms with van der Waals surface area (Å²) in [5.74, 6) is 2.63. The van der Waals surface area contributed by atoms with E-state index in [1.165, 1.54) is 0 Å². The molecule has 0 aliphatic heterocycles. The lowest BCUT2D eigenvalue weighted by Gasteiger charge is -2.23. The molecule has 0 saturated heterocycles. The Balaban J connectivity index is 3.83. The minimum atomic E-state index is -0.132. The molecule has 0 aliphatic rings. The SMILES string of the molecule is CC=C(NSCC(C)C)OC(C)(C)C. The van der Waals surface area contributed by atoms with Gasteiger partial charge in [0.25, 0.3) is 0 Å². The van der Waals surface area contributed by atoms with Crippen LogP contribution in [0.3, 0.4) is 0 Å². The molecule has 0 aromatic heterocycles. The minimum absolute atomic E-state index is 0.132. The maximum Gasteiger partial charge on any atom is 0.192 e. The molecule has 3 heteroatoms. The lowest BCUT2D eigenvalue weighted by molar-refractivity contribution is 0.0467. The summed E-state index contributed by atoms with van der Waals surface area (Å²) in [4.78, 5) is 0. The predicted octanol–water partition coefficient (Wildman–Crippen LogP) is 3.56. The van der Waals surface area contributed by atoms with Gasteiger partial charge in [0.2, 0.25) is 0 Å². The molecule has 0 aromatic rings. The van der Waals surface area contributed by atoms with Gasteiger partial charge in [0.1, 0.15) is 5.60 Å². The Kier molecular flexibility index (Phi) is 6.09. The summed E-state index contributed by atoms with van der Waals surface area (Å²) in [6, 6.07) is 0. The molecule has 14 heavy (non-hydrogen) atoms. The zero-order valence-electron chi connectivity index (χ0n) is 10.2. The molecule has 0 unspecified atom stereocenters. The second-order valence-corrected chi connectivity index (χ2v) is 5.50. The van der Waals surface area contributed by atoms with E-state index in [1.54, 1.807) is 11.9 Å². The van der Waals surface area contributed by atoms with Crippen LogP contribution in [0.15, 0.2) is 12.0 Å². The summed E-state index contributed by atoms with van der Waals surface area (Å²) in [7, 11) is 0. The van der Waals surface area contributed by atoms with Crippen LogP contribution in [0.4, 0.5) is 0 Å². The van der Waals surface area contributed by atoms with Gasteiger partial charge < -0.3 is 9.46 Å². The van der Waals surface area contributed by atoms with Crippen molar-refractivity contribution in [3.63, 3.8) is 0 Å². The maximum atomic E-state index is 5.70. The standard InChI is InChI=1S/C11H23NOS/c1-7-10(13-11(4,5)6)12-14-8-9(2)3/h7,9,12H,8H2,1-6H3. The Hall–Kier alpha value is -0.310. The summed E-state index contributed by atoms with van der Waals surface area (Å²) in [6.45, 7) is 12.5. The van der Waals surface area contributed by atoms with Gasteiger partial charge in [-0.2, -0.15) is 0 Å². The Morgan fingerprint density at radius 1 is 1.43 bits per heavy atom. The van der Waals surface area contributed by atoms with Crippen LogP contribution in [-0.4, -0.2) is 11.4 Å². The van der Waals surface area contributed by atoms with Crippen molar-refractivity contribution >= 4 is 11.9 Å². The number of ether oxygens (including phenoxy) is 1. The zero-order chi connectivity index (χ0) is 11.2. The van der Waals surface area contributed by atoms with Gasteiger partial charge in [-0.1, -0.05) is 25.8 Å². The fourth-order valence-electron chi connectivity index (χ4n) is 0.748. The third-order valence-electron chi connectivity index (χ3n) is 1.27. The van der Waals surface area contributed by atoms with Crippen LogP contribution < -0.4 is 4.72 Å². The second-order valence-electron chi connectivity index (χ2n) is 4.67. The van der Waals surface area contributed by atoms with Crippen molar-refractivity contribution in [3.05, 3.63) is 12.0 Å². The molecule has 0 amide bonds. The molecule has 0 atom stereocenters. The van der Waals surface area contributed by atoms with Gasteiger partial charge in [-0.25, -0.2) is 0 Å². The van der Waals surface area contributed by atoms with E-state index in [-0.39, 0.29) is 5.60 Å². The minimum Gasteiger partial charge on any atom is -0.473 e. The highest BCUT2D eigenvalue weighted by Gasteiger charge is 2.12. The fourth-order valence-corrected chi connectivity index (χ4v) is 1.47. The van der Waals surface area contributed by atoms with Crippen LogP contribution in [0.2, 0.25) is 0 Å². The average molecular weight is 217 g/mol. The number of hydrogen-bond donors (Lipinski definition) is 1. The quantitative estimate of drug-likeness (QED) is 0.562. The Labute approximate surface area is 92.6 Å². The first kappa shape index (κ1) is 13.7. The van der Waals surface area contributed by atoms with Gasteiger partial charge in [0.05, 0.1) is 0 Å². The monoisotopic (exact) mass is 217 g/mol. The second kappa shape index (κ2) is 6.23. The molecule has 0 aromatic carbocycles. The largest absolute Gasteiger partial charge is 0.473 e. The smallest absolute Gasteiger partial charge is 0.192 e. The number of nitrogens with one attached hydrogen (secondary N) is 1. The molecule has 0 rings (SSSR count). The Morgan fingerprint density at radius 2 is 2.00 bits per heavy atom. The molecule has 84 valence electrons. The van der Waals surface area contributed by atoms with E-state index < -0.39 is 0 Å². The van der Waals surface area contributed by atoms with Crippen molar-refractivity contribution in [1.82, 2.24) is 4.72 Å². The third-order valence-corrected chi connectivity index (χ3v) is 2.45. The molecule has 0 heterocycles. The molecule has 2 nitrogen and oxygen atoms in total. The molecule has 1 N–H and O–H groups in total. The molecule has 0 spiro atoms. The lowest BCUT2D eigenvalue weighted by atomic mass is 10.2. The van der Waals surface area contributed by atoms with Crippen LogP contribution in [0.1, 0.15) is 41.5 Å². The molecule has 0 fully saturated rings. The van der Waals surface area contributed by atoms with Crippen LogP contribution in [0.5, 0.6) is 0 Å². The molecular weight excluding hydrogens is 194 g/mol. The average Bonchev–Trinajstić information content (AvgIpc) is 1.99. The highest BCUT2D eigenvalue weighted by molar-refractivity contribution is 7.97. The summed E-state index contributed by atoms with van der Waals surface area (Å²) >= 11 is 1.69. The molecule has 0 radical (unpaired) electrons. The third kappa shape index (κ3) is 8.30. The van der Waals surface area contributed by atoms with Crippen molar-refractivity contribution in [3.8, 4) is 0 Å². The molecule has 0 bridgehead atoms. The Morgan fingerprint density at radius 3 is 2.36 bits per heavy atom. The summed E-state index contributed by atoms with van der Waals surface area (Å²) in [5.41, 5.74) is -0.132. The van der Waals surface area contributed by atoms with E-state index in [0.717, 1.165) is 11.6 Å². The first-order chi connectivity index (χ1) is 6.35. The van der Waals surface area contributed by atoms with Crippen molar-refractivity contribution in [2.75, 3.05) is 5.75 Å². The van der Waals surface area contributed by atoms with Crippen LogP contribution in [0, 0.1) is 5.92 Å². The van der Waals surface area contributed by atoms with Crippen molar-refractivity contribution in [2.45, 2.75) is 47.1 Å². The van der Waals surface area contributed by atoms with Crippen molar-refractivity contribution in [1.29, 1.82) is 0 Å². The van der Waals surface area contributed by atoms with E-state index in [1.807, 2.05) is 33.8 Å². The van der Waals surface area contributed by atoms with E-state index in [0.29, 0.717) is 5.92 Å². The van der Waals surface area contributed by atoms with Gasteiger partial charge in [-0.3, -0.25) is 0 Å². The first-order valence-electron chi connectivity index (χ1n) is 5.08. The molecule has 0 aliphatic carbocycles. The van der Waals surface area contributed by atoms with Crippen LogP contribution in [0.25, 0.3) is 0 Å². The maximum absolute atomic E-state index is 5.70. The summed E-state index contributed by atoms with van der Waals surface area (Å²) < 4.78 is 8.91. The topological polar surface area (TPSA) is 21.3 Å². The van der Waals surface area contributed by atoms with E-state index in [9.17, 15) is 0 Å². The van der Waals surface area contributed by atoms with Gasteiger partial charge >= 0.3 is 0 Å². The number of hydrogen-bond acceptors (Lipinski definition) is 3. The zero-order valence-corrected chi connectivity index (χ0v) is 11.0.